The standard InChI is InChI=1S/C17H13FN6O2S/c18-12-4-2-1-3-11(12)9-24-13(10-23-7-5-14(25)21-17(23)26)20-15(22-24)16-19-6-8-27-16/h1-8H,9-10H2,(H,21,25,26). The molecule has 0 saturated carbocycles. The Hall–Kier alpha value is -3.40. The predicted octanol–water partition coefficient (Wildman–Crippen LogP) is 1.49. The van der Waals surface area contributed by atoms with Gasteiger partial charge in [0.05, 0.1) is 13.1 Å². The summed E-state index contributed by atoms with van der Waals surface area (Å²) >= 11 is 1.38. The number of benzene rings is 1. The molecule has 0 atom stereocenters. The Morgan fingerprint density at radius 3 is 2.74 bits per heavy atom. The van der Waals surface area contributed by atoms with Crippen LogP contribution in [0, 0.1) is 5.82 Å². The van der Waals surface area contributed by atoms with Crippen molar-refractivity contribution in [2.45, 2.75) is 13.1 Å². The van der Waals surface area contributed by atoms with Gasteiger partial charge in [-0.15, -0.1) is 16.4 Å². The van der Waals surface area contributed by atoms with E-state index in [1.165, 1.54) is 38.9 Å². The molecule has 4 rings (SSSR count). The van der Waals surface area contributed by atoms with Gasteiger partial charge in [0, 0.05) is 29.4 Å². The molecule has 0 aliphatic carbocycles. The van der Waals surface area contributed by atoms with E-state index in [4.69, 9.17) is 0 Å². The molecule has 1 N–H and O–H groups in total. The summed E-state index contributed by atoms with van der Waals surface area (Å²) in [5, 5.41) is 6.86. The lowest BCUT2D eigenvalue weighted by molar-refractivity contribution is 0.559. The third-order valence-electron chi connectivity index (χ3n) is 3.86. The molecule has 0 aliphatic heterocycles. The molecule has 1 aromatic carbocycles. The molecule has 0 bridgehead atoms. The molecule has 0 fully saturated rings. The molecule has 8 nitrogen and oxygen atoms in total. The van der Waals surface area contributed by atoms with Crippen LogP contribution in [-0.2, 0) is 13.1 Å². The van der Waals surface area contributed by atoms with Gasteiger partial charge in [0.25, 0.3) is 5.56 Å². The summed E-state index contributed by atoms with van der Waals surface area (Å²) in [6.07, 6.45) is 3.02. The van der Waals surface area contributed by atoms with Crippen molar-refractivity contribution in [3.63, 3.8) is 0 Å². The van der Waals surface area contributed by atoms with Gasteiger partial charge in [-0.1, -0.05) is 18.2 Å². The first-order valence-corrected chi connectivity index (χ1v) is 8.85. The highest BCUT2D eigenvalue weighted by Crippen LogP contribution is 2.19. The van der Waals surface area contributed by atoms with Gasteiger partial charge in [-0.05, 0) is 6.07 Å². The highest BCUT2D eigenvalue weighted by Gasteiger charge is 2.16. The van der Waals surface area contributed by atoms with Crippen molar-refractivity contribution in [3.8, 4) is 10.8 Å². The second-order valence-corrected chi connectivity index (χ2v) is 6.57. The molecule has 0 radical (unpaired) electrons. The van der Waals surface area contributed by atoms with Gasteiger partial charge in [-0.25, -0.2) is 23.8 Å². The monoisotopic (exact) mass is 384 g/mol. The van der Waals surface area contributed by atoms with Crippen LogP contribution in [0.5, 0.6) is 0 Å². The van der Waals surface area contributed by atoms with Gasteiger partial charge in [-0.3, -0.25) is 14.3 Å². The van der Waals surface area contributed by atoms with E-state index in [0.717, 1.165) is 0 Å². The first-order chi connectivity index (χ1) is 13.1. The number of nitrogens with zero attached hydrogens (tertiary/aromatic N) is 5. The topological polar surface area (TPSA) is 98.5 Å². The molecule has 0 spiro atoms. The Labute approximate surface area is 155 Å². The minimum absolute atomic E-state index is 0.0719. The van der Waals surface area contributed by atoms with Crippen molar-refractivity contribution in [1.82, 2.24) is 29.3 Å². The summed E-state index contributed by atoms with van der Waals surface area (Å²) in [6, 6.07) is 7.64. The number of aromatic amines is 1. The Bertz CT molecular complexity index is 1190. The average Bonchev–Trinajstić information content (AvgIpc) is 3.30. The second kappa shape index (κ2) is 7.08. The summed E-state index contributed by atoms with van der Waals surface area (Å²) in [7, 11) is 0. The summed E-state index contributed by atoms with van der Waals surface area (Å²) in [6.45, 7) is 0.223. The van der Waals surface area contributed by atoms with E-state index in [0.29, 0.717) is 22.2 Å². The molecule has 0 amide bonds. The number of hydrogen-bond acceptors (Lipinski definition) is 6. The molecule has 27 heavy (non-hydrogen) atoms. The van der Waals surface area contributed by atoms with E-state index < -0.39 is 11.2 Å². The van der Waals surface area contributed by atoms with E-state index >= 15 is 0 Å². The molecule has 0 unspecified atom stereocenters. The molecule has 0 aliphatic rings. The van der Waals surface area contributed by atoms with E-state index in [2.05, 4.69) is 20.1 Å². The number of nitrogens with one attached hydrogen (secondary N) is 1. The van der Waals surface area contributed by atoms with Gasteiger partial charge in [-0.2, -0.15) is 0 Å². The normalized spacial score (nSPS) is 11.0. The number of hydrogen-bond donors (Lipinski definition) is 1. The highest BCUT2D eigenvalue weighted by atomic mass is 32.1. The zero-order valence-electron chi connectivity index (χ0n) is 13.9. The zero-order chi connectivity index (χ0) is 18.8. The third-order valence-corrected chi connectivity index (χ3v) is 4.63. The van der Waals surface area contributed by atoms with Gasteiger partial charge < -0.3 is 0 Å². The number of halogens is 1. The number of rotatable bonds is 5. The smallest absolute Gasteiger partial charge is 0.293 e. The lowest BCUT2D eigenvalue weighted by atomic mass is 10.2. The highest BCUT2D eigenvalue weighted by molar-refractivity contribution is 7.12. The Morgan fingerprint density at radius 1 is 1.15 bits per heavy atom. The van der Waals surface area contributed by atoms with Crippen molar-refractivity contribution in [3.05, 3.63) is 86.1 Å². The molecule has 10 heteroatoms. The fourth-order valence-electron chi connectivity index (χ4n) is 2.55. The van der Waals surface area contributed by atoms with Crippen LogP contribution < -0.4 is 11.2 Å². The summed E-state index contributed by atoms with van der Waals surface area (Å²) in [5.74, 6) is 0.488. The third kappa shape index (κ3) is 3.60. The molecular weight excluding hydrogens is 371 g/mol. The number of thiazole rings is 1. The Balaban J connectivity index is 1.75. The summed E-state index contributed by atoms with van der Waals surface area (Å²) < 4.78 is 16.9. The van der Waals surface area contributed by atoms with Crippen LogP contribution in [-0.4, -0.2) is 29.3 Å². The van der Waals surface area contributed by atoms with Crippen LogP contribution in [0.3, 0.4) is 0 Å². The SMILES string of the molecule is O=c1ccn(Cc2nc(-c3nccs3)nn2Cc2ccccc2F)c(=O)[nH]1. The number of aromatic nitrogens is 6. The van der Waals surface area contributed by atoms with Crippen LogP contribution in [0.25, 0.3) is 10.8 Å². The predicted molar refractivity (Wildman–Crippen MR) is 97.1 cm³/mol. The van der Waals surface area contributed by atoms with Crippen molar-refractivity contribution in [2.75, 3.05) is 0 Å². The van der Waals surface area contributed by atoms with Gasteiger partial charge in [0.1, 0.15) is 11.6 Å². The van der Waals surface area contributed by atoms with E-state index in [1.54, 1.807) is 29.8 Å². The maximum absolute atomic E-state index is 14.1. The van der Waals surface area contributed by atoms with Gasteiger partial charge >= 0.3 is 5.69 Å². The lowest BCUT2D eigenvalue weighted by Crippen LogP contribution is -2.29. The molecule has 136 valence electrons. The first kappa shape index (κ1) is 17.0. The van der Waals surface area contributed by atoms with Gasteiger partial charge in [0.2, 0.25) is 5.82 Å². The van der Waals surface area contributed by atoms with E-state index in [1.807, 2.05) is 0 Å². The van der Waals surface area contributed by atoms with Crippen LogP contribution >= 0.6 is 11.3 Å². The van der Waals surface area contributed by atoms with Crippen LogP contribution in [0.1, 0.15) is 11.4 Å². The van der Waals surface area contributed by atoms with Crippen LogP contribution in [0.2, 0.25) is 0 Å². The maximum Gasteiger partial charge on any atom is 0.328 e. The largest absolute Gasteiger partial charge is 0.328 e. The minimum atomic E-state index is -0.557. The zero-order valence-corrected chi connectivity index (χ0v) is 14.7. The van der Waals surface area contributed by atoms with Crippen molar-refractivity contribution < 1.29 is 4.39 Å². The van der Waals surface area contributed by atoms with Crippen molar-refractivity contribution in [2.24, 2.45) is 0 Å². The molecule has 3 aromatic heterocycles. The quantitative estimate of drug-likeness (QED) is 0.562. The fraction of sp³-hybridized carbons (Fsp3) is 0.118. The first-order valence-electron chi connectivity index (χ1n) is 7.97. The summed E-state index contributed by atoms with van der Waals surface area (Å²) in [4.78, 5) is 34.1. The molecule has 3 heterocycles. The van der Waals surface area contributed by atoms with Crippen molar-refractivity contribution in [1.29, 1.82) is 0 Å². The van der Waals surface area contributed by atoms with Crippen LogP contribution in [0.4, 0.5) is 4.39 Å². The maximum atomic E-state index is 14.1. The minimum Gasteiger partial charge on any atom is -0.293 e. The Kier molecular flexibility index (Phi) is 4.47. The summed E-state index contributed by atoms with van der Waals surface area (Å²) in [5.41, 5.74) is -0.588. The number of H-pyrrole nitrogens is 1. The lowest BCUT2D eigenvalue weighted by Gasteiger charge is -2.08. The molecular formula is C17H13FN6O2S. The van der Waals surface area contributed by atoms with E-state index in [9.17, 15) is 14.0 Å². The Morgan fingerprint density at radius 2 is 2.00 bits per heavy atom. The second-order valence-electron chi connectivity index (χ2n) is 5.68. The van der Waals surface area contributed by atoms with E-state index in [-0.39, 0.29) is 18.9 Å². The fourth-order valence-corrected chi connectivity index (χ4v) is 3.12. The van der Waals surface area contributed by atoms with Crippen LogP contribution in [0.15, 0.2) is 57.7 Å². The molecule has 0 saturated heterocycles. The van der Waals surface area contributed by atoms with Crippen molar-refractivity contribution >= 4 is 11.3 Å². The molecule has 4 aromatic rings. The average molecular weight is 384 g/mol. The van der Waals surface area contributed by atoms with Gasteiger partial charge in [0.15, 0.2) is 5.01 Å².